The lowest BCUT2D eigenvalue weighted by atomic mass is 10.1. The van der Waals surface area contributed by atoms with Crippen LogP contribution in [0.3, 0.4) is 0 Å². The second kappa shape index (κ2) is 5.57. The minimum absolute atomic E-state index is 0.621. The van der Waals surface area contributed by atoms with Crippen LogP contribution in [0.2, 0.25) is 0 Å². The van der Waals surface area contributed by atoms with Crippen LogP contribution in [0.15, 0.2) is 54.9 Å². The van der Waals surface area contributed by atoms with Crippen LogP contribution in [-0.2, 0) is 6.54 Å². The molecule has 0 atom stereocenters. The van der Waals surface area contributed by atoms with E-state index in [2.05, 4.69) is 27.4 Å². The number of nitrogens with one attached hydrogen (secondary N) is 1. The Labute approximate surface area is 117 Å². The summed E-state index contributed by atoms with van der Waals surface area (Å²) in [7, 11) is 1.62. The summed E-state index contributed by atoms with van der Waals surface area (Å²) in [6.45, 7) is 0.680. The van der Waals surface area contributed by atoms with Gasteiger partial charge in [0, 0.05) is 30.4 Å². The molecule has 0 spiro atoms. The van der Waals surface area contributed by atoms with E-state index in [0.29, 0.717) is 12.4 Å². The summed E-state index contributed by atoms with van der Waals surface area (Å²) in [6.07, 6.45) is 3.56. The molecule has 100 valence electrons. The highest BCUT2D eigenvalue weighted by atomic mass is 16.5. The number of nitrogens with zero attached hydrogens (tertiary/aromatic N) is 2. The van der Waals surface area contributed by atoms with E-state index in [0.717, 1.165) is 16.8 Å². The fourth-order valence-corrected chi connectivity index (χ4v) is 2.12. The molecule has 0 saturated carbocycles. The molecule has 0 bridgehead atoms. The van der Waals surface area contributed by atoms with Gasteiger partial charge in [0.15, 0.2) is 0 Å². The fraction of sp³-hybridized carbons (Fsp3) is 0.125. The maximum atomic E-state index is 5.12. The van der Waals surface area contributed by atoms with Crippen molar-refractivity contribution in [3.63, 3.8) is 0 Å². The molecule has 0 unspecified atom stereocenters. The van der Waals surface area contributed by atoms with Crippen molar-refractivity contribution in [3.05, 3.63) is 60.4 Å². The van der Waals surface area contributed by atoms with Gasteiger partial charge >= 0.3 is 0 Å². The average Bonchev–Trinajstić information content (AvgIpc) is 2.53. The lowest BCUT2D eigenvalue weighted by Crippen LogP contribution is -2.02. The van der Waals surface area contributed by atoms with Crippen LogP contribution in [0, 0.1) is 0 Å². The van der Waals surface area contributed by atoms with E-state index in [1.165, 1.54) is 5.39 Å². The molecular formula is C16H15N3O. The first-order valence-corrected chi connectivity index (χ1v) is 6.43. The van der Waals surface area contributed by atoms with Crippen LogP contribution in [0.5, 0.6) is 5.88 Å². The zero-order valence-electron chi connectivity index (χ0n) is 11.2. The van der Waals surface area contributed by atoms with Gasteiger partial charge in [0.05, 0.1) is 7.11 Å². The lowest BCUT2D eigenvalue weighted by Gasteiger charge is -2.09. The van der Waals surface area contributed by atoms with Crippen molar-refractivity contribution in [2.75, 3.05) is 12.4 Å². The molecular weight excluding hydrogens is 250 g/mol. The Morgan fingerprint density at radius 1 is 1.05 bits per heavy atom. The highest BCUT2D eigenvalue weighted by molar-refractivity contribution is 5.91. The summed E-state index contributed by atoms with van der Waals surface area (Å²) < 4.78 is 5.12. The Balaban J connectivity index is 1.83. The Kier molecular flexibility index (Phi) is 3.46. The molecule has 1 N–H and O–H groups in total. The summed E-state index contributed by atoms with van der Waals surface area (Å²) in [5.74, 6) is 1.51. The van der Waals surface area contributed by atoms with E-state index in [1.54, 1.807) is 13.3 Å². The quantitative estimate of drug-likeness (QED) is 0.786. The number of fused-ring (bicyclic) bond motifs is 1. The molecule has 0 amide bonds. The van der Waals surface area contributed by atoms with Crippen molar-refractivity contribution in [3.8, 4) is 5.88 Å². The number of ether oxygens (including phenoxy) is 1. The summed E-state index contributed by atoms with van der Waals surface area (Å²) in [6, 6.07) is 14.1. The van der Waals surface area contributed by atoms with Crippen molar-refractivity contribution in [1.29, 1.82) is 0 Å². The van der Waals surface area contributed by atoms with Gasteiger partial charge in [-0.3, -0.25) is 0 Å². The van der Waals surface area contributed by atoms with Crippen molar-refractivity contribution < 1.29 is 4.74 Å². The van der Waals surface area contributed by atoms with E-state index in [-0.39, 0.29) is 0 Å². The van der Waals surface area contributed by atoms with Gasteiger partial charge in [0.2, 0.25) is 5.88 Å². The third kappa shape index (κ3) is 2.54. The molecule has 0 aliphatic rings. The summed E-state index contributed by atoms with van der Waals surface area (Å²) >= 11 is 0. The number of hydrogen-bond donors (Lipinski definition) is 1. The van der Waals surface area contributed by atoms with E-state index in [9.17, 15) is 0 Å². The molecule has 0 saturated heterocycles. The highest BCUT2D eigenvalue weighted by Crippen LogP contribution is 2.21. The van der Waals surface area contributed by atoms with Gasteiger partial charge in [0.25, 0.3) is 0 Å². The molecule has 20 heavy (non-hydrogen) atoms. The summed E-state index contributed by atoms with van der Waals surface area (Å²) in [5, 5.41) is 5.66. The molecule has 0 aliphatic carbocycles. The number of rotatable bonds is 4. The molecule has 4 heteroatoms. The predicted octanol–water partition coefficient (Wildman–Crippen LogP) is 3.25. The normalized spacial score (nSPS) is 10.4. The number of benzene rings is 1. The van der Waals surface area contributed by atoms with Crippen molar-refractivity contribution >= 4 is 16.6 Å². The first-order valence-electron chi connectivity index (χ1n) is 6.43. The SMILES string of the molecule is COc1cc(CNc2nccc3ccccc23)ccn1. The topological polar surface area (TPSA) is 47.0 Å². The zero-order chi connectivity index (χ0) is 13.8. The maximum absolute atomic E-state index is 5.12. The van der Waals surface area contributed by atoms with Gasteiger partial charge in [-0.25, -0.2) is 9.97 Å². The number of pyridine rings is 2. The van der Waals surface area contributed by atoms with Gasteiger partial charge in [-0.15, -0.1) is 0 Å². The lowest BCUT2D eigenvalue weighted by molar-refractivity contribution is 0.397. The number of hydrogen-bond acceptors (Lipinski definition) is 4. The van der Waals surface area contributed by atoms with Gasteiger partial charge in [-0.1, -0.05) is 24.3 Å². The van der Waals surface area contributed by atoms with E-state index in [1.807, 2.05) is 36.5 Å². The molecule has 0 fully saturated rings. The molecule has 0 radical (unpaired) electrons. The largest absolute Gasteiger partial charge is 0.481 e. The van der Waals surface area contributed by atoms with Gasteiger partial charge in [-0.05, 0) is 23.1 Å². The second-order valence-corrected chi connectivity index (χ2v) is 4.44. The summed E-state index contributed by atoms with van der Waals surface area (Å²) in [5.41, 5.74) is 1.10. The average molecular weight is 265 g/mol. The van der Waals surface area contributed by atoms with Crippen LogP contribution in [0.1, 0.15) is 5.56 Å². The Morgan fingerprint density at radius 3 is 2.80 bits per heavy atom. The van der Waals surface area contributed by atoms with Crippen molar-refractivity contribution in [1.82, 2.24) is 9.97 Å². The minimum Gasteiger partial charge on any atom is -0.481 e. The zero-order valence-corrected chi connectivity index (χ0v) is 11.2. The molecule has 0 aliphatic heterocycles. The van der Waals surface area contributed by atoms with Crippen LogP contribution in [0.25, 0.3) is 10.8 Å². The third-order valence-corrected chi connectivity index (χ3v) is 3.14. The summed E-state index contributed by atoms with van der Waals surface area (Å²) in [4.78, 5) is 8.50. The van der Waals surface area contributed by atoms with Crippen LogP contribution in [0.4, 0.5) is 5.82 Å². The van der Waals surface area contributed by atoms with E-state index >= 15 is 0 Å². The van der Waals surface area contributed by atoms with Crippen LogP contribution < -0.4 is 10.1 Å². The molecule has 4 nitrogen and oxygen atoms in total. The van der Waals surface area contributed by atoms with E-state index < -0.39 is 0 Å². The van der Waals surface area contributed by atoms with Crippen molar-refractivity contribution in [2.45, 2.75) is 6.54 Å². The molecule has 3 rings (SSSR count). The smallest absolute Gasteiger partial charge is 0.213 e. The third-order valence-electron chi connectivity index (χ3n) is 3.14. The first-order chi connectivity index (χ1) is 9.86. The van der Waals surface area contributed by atoms with Crippen molar-refractivity contribution in [2.24, 2.45) is 0 Å². The minimum atomic E-state index is 0.621. The van der Waals surface area contributed by atoms with Crippen LogP contribution >= 0.6 is 0 Å². The fourth-order valence-electron chi connectivity index (χ4n) is 2.12. The number of methoxy groups -OCH3 is 1. The monoisotopic (exact) mass is 265 g/mol. The highest BCUT2D eigenvalue weighted by Gasteiger charge is 2.02. The molecule has 2 heterocycles. The Hall–Kier alpha value is -2.62. The van der Waals surface area contributed by atoms with Gasteiger partial charge in [0.1, 0.15) is 5.82 Å². The van der Waals surface area contributed by atoms with Gasteiger partial charge in [-0.2, -0.15) is 0 Å². The maximum Gasteiger partial charge on any atom is 0.213 e. The first kappa shape index (κ1) is 12.4. The molecule has 1 aromatic carbocycles. The second-order valence-electron chi connectivity index (χ2n) is 4.44. The Morgan fingerprint density at radius 2 is 1.90 bits per heavy atom. The van der Waals surface area contributed by atoms with Gasteiger partial charge < -0.3 is 10.1 Å². The molecule has 2 aromatic heterocycles. The number of anilines is 1. The Bertz CT molecular complexity index is 722. The number of aromatic nitrogens is 2. The molecule has 3 aromatic rings. The van der Waals surface area contributed by atoms with E-state index in [4.69, 9.17) is 4.74 Å². The standard InChI is InChI=1S/C16H15N3O/c1-20-15-10-12(6-8-17-15)11-19-16-14-5-3-2-4-13(14)7-9-18-16/h2-10H,11H2,1H3,(H,18,19). The van der Waals surface area contributed by atoms with Crippen LogP contribution in [-0.4, -0.2) is 17.1 Å². The predicted molar refractivity (Wildman–Crippen MR) is 79.9 cm³/mol.